The second-order valence-corrected chi connectivity index (χ2v) is 7.27. The van der Waals surface area contributed by atoms with E-state index < -0.39 is 18.5 Å². The molecule has 2 N–H and O–H groups in total. The third kappa shape index (κ3) is 4.83. The summed E-state index contributed by atoms with van der Waals surface area (Å²) in [5.41, 5.74) is 0.913. The molecule has 0 aromatic carbocycles. The summed E-state index contributed by atoms with van der Waals surface area (Å²) in [6, 6.07) is 7.18. The Bertz CT molecular complexity index is 929. The molecule has 3 aromatic heterocycles. The lowest BCUT2D eigenvalue weighted by Gasteiger charge is -2.08. The van der Waals surface area contributed by atoms with Gasteiger partial charge in [0.2, 0.25) is 5.91 Å². The lowest BCUT2D eigenvalue weighted by Crippen LogP contribution is -2.28. The molecule has 0 saturated carbocycles. The van der Waals surface area contributed by atoms with Gasteiger partial charge in [-0.2, -0.15) is 0 Å². The van der Waals surface area contributed by atoms with Crippen LogP contribution in [0.3, 0.4) is 0 Å². The number of esters is 1. The Balaban J connectivity index is 1.68. The fourth-order valence-corrected chi connectivity index (χ4v) is 4.10. The van der Waals surface area contributed by atoms with Crippen molar-refractivity contribution in [3.8, 4) is 10.4 Å². The molecule has 3 rings (SSSR count). The van der Waals surface area contributed by atoms with Crippen LogP contribution >= 0.6 is 22.7 Å². The smallest absolute Gasteiger partial charge is 0.342 e. The Kier molecular flexibility index (Phi) is 6.05. The summed E-state index contributed by atoms with van der Waals surface area (Å²) in [6.45, 7) is 1.14. The normalized spacial score (nSPS) is 10.4. The van der Waals surface area contributed by atoms with Crippen molar-refractivity contribution < 1.29 is 23.5 Å². The first kappa shape index (κ1) is 18.9. The molecule has 3 aromatic rings. The zero-order chi connectivity index (χ0) is 19.2. The Morgan fingerprint density at radius 2 is 2.04 bits per heavy atom. The lowest BCUT2D eigenvalue weighted by atomic mass is 10.1. The highest BCUT2D eigenvalue weighted by atomic mass is 32.1. The Hall–Kier alpha value is -2.91. The van der Waals surface area contributed by atoms with Crippen molar-refractivity contribution in [2.75, 3.05) is 11.9 Å². The minimum atomic E-state index is -0.670. The van der Waals surface area contributed by atoms with Crippen molar-refractivity contribution in [3.05, 3.63) is 52.6 Å². The first-order chi connectivity index (χ1) is 13.0. The van der Waals surface area contributed by atoms with Crippen LogP contribution < -0.4 is 10.6 Å². The van der Waals surface area contributed by atoms with Gasteiger partial charge in [-0.25, -0.2) is 4.79 Å². The number of thiophene rings is 2. The molecule has 0 aliphatic heterocycles. The molecule has 0 unspecified atom stereocenters. The molecular weight excluding hydrogens is 388 g/mol. The number of amides is 2. The number of nitrogens with one attached hydrogen (secondary N) is 2. The number of carbonyl (C=O) groups is 3. The van der Waals surface area contributed by atoms with Gasteiger partial charge in [0, 0.05) is 22.7 Å². The third-order valence-electron chi connectivity index (χ3n) is 3.45. The van der Waals surface area contributed by atoms with E-state index in [-0.39, 0.29) is 18.0 Å². The maximum Gasteiger partial charge on any atom is 0.342 e. The summed E-state index contributed by atoms with van der Waals surface area (Å²) in [5.74, 6) is -0.814. The number of ether oxygens (including phenoxy) is 1. The van der Waals surface area contributed by atoms with Crippen LogP contribution in [-0.4, -0.2) is 24.4 Å². The van der Waals surface area contributed by atoms with Crippen molar-refractivity contribution >= 4 is 45.5 Å². The van der Waals surface area contributed by atoms with Gasteiger partial charge in [-0.05, 0) is 23.6 Å². The van der Waals surface area contributed by atoms with E-state index in [9.17, 15) is 14.4 Å². The maximum absolute atomic E-state index is 12.6. The minimum absolute atomic E-state index is 0.208. The quantitative estimate of drug-likeness (QED) is 0.588. The van der Waals surface area contributed by atoms with Gasteiger partial charge in [-0.15, -0.1) is 22.7 Å². The van der Waals surface area contributed by atoms with Crippen LogP contribution in [0, 0.1) is 0 Å². The largest absolute Gasteiger partial charge is 0.467 e. The predicted molar refractivity (Wildman–Crippen MR) is 103 cm³/mol. The zero-order valence-corrected chi connectivity index (χ0v) is 15.9. The molecule has 0 aliphatic carbocycles. The van der Waals surface area contributed by atoms with Gasteiger partial charge in [0.1, 0.15) is 16.3 Å². The van der Waals surface area contributed by atoms with Gasteiger partial charge < -0.3 is 19.8 Å². The molecule has 0 aliphatic rings. The monoisotopic (exact) mass is 404 g/mol. The molecule has 3 heterocycles. The Morgan fingerprint density at radius 3 is 2.70 bits per heavy atom. The standard InChI is InChI=1S/C18H16N2O5S2/c1-11(21)20-17-16(13(10-27-17)14-5-3-7-26-14)18(23)25-9-15(22)19-8-12-4-2-6-24-12/h2-7,10H,8-9H2,1H3,(H,19,22)(H,20,21). The van der Waals surface area contributed by atoms with Crippen LogP contribution in [-0.2, 0) is 20.9 Å². The van der Waals surface area contributed by atoms with E-state index in [0.29, 0.717) is 16.3 Å². The van der Waals surface area contributed by atoms with Crippen LogP contribution in [0.5, 0.6) is 0 Å². The highest BCUT2D eigenvalue weighted by Gasteiger charge is 2.23. The van der Waals surface area contributed by atoms with E-state index in [2.05, 4.69) is 10.6 Å². The van der Waals surface area contributed by atoms with E-state index >= 15 is 0 Å². The zero-order valence-electron chi connectivity index (χ0n) is 14.3. The molecule has 0 saturated heterocycles. The predicted octanol–water partition coefficient (Wildman–Crippen LogP) is 3.50. The topological polar surface area (TPSA) is 97.6 Å². The highest BCUT2D eigenvalue weighted by molar-refractivity contribution is 7.17. The summed E-state index contributed by atoms with van der Waals surface area (Å²) in [7, 11) is 0. The molecule has 140 valence electrons. The summed E-state index contributed by atoms with van der Waals surface area (Å²) in [4.78, 5) is 36.8. The van der Waals surface area contributed by atoms with Crippen LogP contribution in [0.2, 0.25) is 0 Å². The summed E-state index contributed by atoms with van der Waals surface area (Å²) in [5, 5.41) is 9.31. The van der Waals surface area contributed by atoms with Gasteiger partial charge in [-0.1, -0.05) is 6.07 Å². The van der Waals surface area contributed by atoms with Crippen LogP contribution in [0.25, 0.3) is 10.4 Å². The maximum atomic E-state index is 12.6. The molecule has 9 heteroatoms. The van der Waals surface area contributed by atoms with Crippen molar-refractivity contribution in [1.29, 1.82) is 0 Å². The first-order valence-electron chi connectivity index (χ1n) is 7.93. The molecule has 0 radical (unpaired) electrons. The molecule has 0 fully saturated rings. The first-order valence-corrected chi connectivity index (χ1v) is 9.69. The van der Waals surface area contributed by atoms with E-state index in [1.54, 1.807) is 17.5 Å². The lowest BCUT2D eigenvalue weighted by molar-refractivity contribution is -0.124. The minimum Gasteiger partial charge on any atom is -0.467 e. The van der Waals surface area contributed by atoms with Gasteiger partial charge in [-0.3, -0.25) is 9.59 Å². The van der Waals surface area contributed by atoms with Gasteiger partial charge >= 0.3 is 5.97 Å². The summed E-state index contributed by atoms with van der Waals surface area (Å²) >= 11 is 2.70. The molecule has 2 amide bonds. The van der Waals surface area contributed by atoms with Crippen LogP contribution in [0.4, 0.5) is 5.00 Å². The Morgan fingerprint density at radius 1 is 1.19 bits per heavy atom. The second-order valence-electron chi connectivity index (χ2n) is 5.44. The van der Waals surface area contributed by atoms with E-state index in [0.717, 1.165) is 4.88 Å². The molecular formula is C18H16N2O5S2. The number of rotatable bonds is 7. The molecule has 7 nitrogen and oxygen atoms in total. The van der Waals surface area contributed by atoms with Crippen LogP contribution in [0.15, 0.2) is 45.7 Å². The molecule has 0 bridgehead atoms. The fourth-order valence-electron chi connectivity index (χ4n) is 2.28. The number of hydrogen-bond acceptors (Lipinski definition) is 7. The number of carbonyl (C=O) groups excluding carboxylic acids is 3. The van der Waals surface area contributed by atoms with E-state index in [4.69, 9.17) is 9.15 Å². The molecule has 0 atom stereocenters. The average Bonchev–Trinajstić information content (AvgIpc) is 3.37. The SMILES string of the molecule is CC(=O)Nc1scc(-c2cccs2)c1C(=O)OCC(=O)NCc1ccco1. The van der Waals surface area contributed by atoms with Crippen molar-refractivity contribution in [3.63, 3.8) is 0 Å². The highest BCUT2D eigenvalue weighted by Crippen LogP contribution is 2.38. The van der Waals surface area contributed by atoms with Crippen LogP contribution in [0.1, 0.15) is 23.0 Å². The van der Waals surface area contributed by atoms with Crippen molar-refractivity contribution in [2.24, 2.45) is 0 Å². The van der Waals surface area contributed by atoms with E-state index in [1.807, 2.05) is 17.5 Å². The van der Waals surface area contributed by atoms with Gasteiger partial charge in [0.15, 0.2) is 6.61 Å². The van der Waals surface area contributed by atoms with Crippen molar-refractivity contribution in [2.45, 2.75) is 13.5 Å². The summed E-state index contributed by atoms with van der Waals surface area (Å²) < 4.78 is 10.3. The number of hydrogen-bond donors (Lipinski definition) is 2. The number of furan rings is 1. The molecule has 27 heavy (non-hydrogen) atoms. The van der Waals surface area contributed by atoms with Gasteiger partial charge in [0.05, 0.1) is 12.8 Å². The molecule has 0 spiro atoms. The van der Waals surface area contributed by atoms with Crippen molar-refractivity contribution in [1.82, 2.24) is 5.32 Å². The Labute approximate surface area is 163 Å². The second kappa shape index (κ2) is 8.65. The van der Waals surface area contributed by atoms with Gasteiger partial charge in [0.25, 0.3) is 5.91 Å². The average molecular weight is 404 g/mol. The fraction of sp³-hybridized carbons (Fsp3) is 0.167. The number of anilines is 1. The third-order valence-corrected chi connectivity index (χ3v) is 5.24. The summed E-state index contributed by atoms with van der Waals surface area (Å²) in [6.07, 6.45) is 1.51. The van der Waals surface area contributed by atoms with E-state index in [1.165, 1.54) is 35.9 Å².